The van der Waals surface area contributed by atoms with Crippen LogP contribution in [0, 0.1) is 0 Å². The molecule has 2 aromatic carbocycles. The smallest absolute Gasteiger partial charge is 0.240 e. The fourth-order valence-corrected chi connectivity index (χ4v) is 3.93. The van der Waals surface area contributed by atoms with E-state index >= 15 is 0 Å². The van der Waals surface area contributed by atoms with Gasteiger partial charge in [-0.1, -0.05) is 22.0 Å². The molecule has 0 aliphatic carbocycles. The molecule has 0 radical (unpaired) electrons. The van der Waals surface area contributed by atoms with Gasteiger partial charge in [-0.05, 0) is 48.4 Å². The van der Waals surface area contributed by atoms with Crippen LogP contribution in [0.25, 0.3) is 0 Å². The highest BCUT2D eigenvalue weighted by atomic mass is 79.9. The number of benzene rings is 2. The summed E-state index contributed by atoms with van der Waals surface area (Å²) >= 11 is 3.27. The van der Waals surface area contributed by atoms with Gasteiger partial charge in [0.15, 0.2) is 11.5 Å². The van der Waals surface area contributed by atoms with Crippen molar-refractivity contribution < 1.29 is 22.7 Å². The maximum absolute atomic E-state index is 12.3. The third-order valence-electron chi connectivity index (χ3n) is 4.36. The Balaban J connectivity index is 1.82. The molecule has 0 aliphatic rings. The molecule has 0 aliphatic heterocycles. The van der Waals surface area contributed by atoms with Gasteiger partial charge in [-0.2, -0.15) is 0 Å². The first-order chi connectivity index (χ1) is 13.8. The Bertz CT molecular complexity index is 932. The van der Waals surface area contributed by atoms with Gasteiger partial charge in [-0.25, -0.2) is 13.1 Å². The lowest BCUT2D eigenvalue weighted by Crippen LogP contribution is -2.33. The summed E-state index contributed by atoms with van der Waals surface area (Å²) in [4.78, 5) is 14.0. The van der Waals surface area contributed by atoms with Crippen LogP contribution >= 0.6 is 15.9 Å². The van der Waals surface area contributed by atoms with Crippen molar-refractivity contribution in [1.82, 2.24) is 9.62 Å². The van der Waals surface area contributed by atoms with Crippen molar-refractivity contribution in [3.8, 4) is 11.5 Å². The first-order valence-electron chi connectivity index (χ1n) is 8.97. The molecule has 7 nitrogen and oxygen atoms in total. The molecule has 0 saturated heterocycles. The summed E-state index contributed by atoms with van der Waals surface area (Å²) in [5.41, 5.74) is 1.01. The molecular formula is C20H25BrN2O5S. The third kappa shape index (κ3) is 6.73. The number of nitrogens with one attached hydrogen (secondary N) is 1. The standard InChI is InChI=1S/C20H25BrN2O5S/c1-23(13-11-15-4-9-18(27-2)19(14-15)28-3)20(24)10-12-22-29(25,26)17-7-5-16(21)6-8-17/h4-9,14,22H,10-13H2,1-3H3. The molecule has 158 valence electrons. The van der Waals surface area contributed by atoms with Crippen molar-refractivity contribution >= 4 is 31.9 Å². The summed E-state index contributed by atoms with van der Waals surface area (Å²) in [5, 5.41) is 0. The molecule has 0 spiro atoms. The van der Waals surface area contributed by atoms with Gasteiger partial charge in [0.25, 0.3) is 0 Å². The molecule has 2 aromatic rings. The lowest BCUT2D eigenvalue weighted by atomic mass is 10.1. The van der Waals surface area contributed by atoms with Gasteiger partial charge >= 0.3 is 0 Å². The average molecular weight is 485 g/mol. The zero-order valence-electron chi connectivity index (χ0n) is 16.6. The normalized spacial score (nSPS) is 11.2. The number of rotatable bonds is 10. The maximum Gasteiger partial charge on any atom is 0.240 e. The van der Waals surface area contributed by atoms with Crippen molar-refractivity contribution in [3.63, 3.8) is 0 Å². The molecule has 29 heavy (non-hydrogen) atoms. The number of hydrogen-bond donors (Lipinski definition) is 1. The van der Waals surface area contributed by atoms with Crippen LogP contribution < -0.4 is 14.2 Å². The molecule has 1 N–H and O–H groups in total. The number of halogens is 1. The zero-order chi connectivity index (χ0) is 21.4. The number of ether oxygens (including phenoxy) is 2. The van der Waals surface area contributed by atoms with E-state index in [4.69, 9.17) is 9.47 Å². The molecule has 0 bridgehead atoms. The Morgan fingerprint density at radius 1 is 1.07 bits per heavy atom. The molecule has 0 fully saturated rings. The van der Waals surface area contributed by atoms with Crippen LogP contribution in [0.5, 0.6) is 11.5 Å². The van der Waals surface area contributed by atoms with E-state index in [-0.39, 0.29) is 23.8 Å². The van der Waals surface area contributed by atoms with Gasteiger partial charge < -0.3 is 14.4 Å². The highest BCUT2D eigenvalue weighted by Crippen LogP contribution is 2.27. The summed E-state index contributed by atoms with van der Waals surface area (Å²) in [7, 11) is 1.22. The van der Waals surface area contributed by atoms with E-state index in [2.05, 4.69) is 20.7 Å². The summed E-state index contributed by atoms with van der Waals surface area (Å²) < 4.78 is 38.2. The van der Waals surface area contributed by atoms with Crippen LogP contribution in [0.15, 0.2) is 51.8 Å². The van der Waals surface area contributed by atoms with E-state index in [9.17, 15) is 13.2 Å². The summed E-state index contributed by atoms with van der Waals surface area (Å²) in [5.74, 6) is 1.16. The highest BCUT2D eigenvalue weighted by molar-refractivity contribution is 9.10. The Hall–Kier alpha value is -2.10. The molecular weight excluding hydrogens is 460 g/mol. The van der Waals surface area contributed by atoms with Crippen molar-refractivity contribution in [1.29, 1.82) is 0 Å². The highest BCUT2D eigenvalue weighted by Gasteiger charge is 2.15. The summed E-state index contributed by atoms with van der Waals surface area (Å²) in [6.45, 7) is 0.547. The predicted octanol–water partition coefficient (Wildman–Crippen LogP) is 2.84. The lowest BCUT2D eigenvalue weighted by molar-refractivity contribution is -0.129. The van der Waals surface area contributed by atoms with Gasteiger partial charge in [0.05, 0.1) is 19.1 Å². The molecule has 2 rings (SSSR count). The zero-order valence-corrected chi connectivity index (χ0v) is 19.0. The summed E-state index contributed by atoms with van der Waals surface area (Å²) in [6, 6.07) is 11.9. The first kappa shape index (κ1) is 23.2. The van der Waals surface area contributed by atoms with E-state index in [0.717, 1.165) is 10.0 Å². The van der Waals surface area contributed by atoms with Crippen LogP contribution in [0.1, 0.15) is 12.0 Å². The van der Waals surface area contributed by atoms with Crippen LogP contribution in [-0.4, -0.2) is 53.6 Å². The Labute approximate surface area is 180 Å². The van der Waals surface area contributed by atoms with Gasteiger partial charge in [0.2, 0.25) is 15.9 Å². The lowest BCUT2D eigenvalue weighted by Gasteiger charge is -2.18. The number of likely N-dealkylation sites (N-methyl/N-ethyl adjacent to an activating group) is 1. The molecule has 1 amide bonds. The SMILES string of the molecule is COc1ccc(CCN(C)C(=O)CCNS(=O)(=O)c2ccc(Br)cc2)cc1OC. The van der Waals surface area contributed by atoms with Gasteiger partial charge in [-0.3, -0.25) is 4.79 Å². The molecule has 0 heterocycles. The quantitative estimate of drug-likeness (QED) is 0.560. The Morgan fingerprint density at radius 3 is 2.34 bits per heavy atom. The second-order valence-corrected chi connectivity index (χ2v) is 9.04. The monoisotopic (exact) mass is 484 g/mol. The number of carbonyl (C=O) groups excluding carboxylic acids is 1. The maximum atomic E-state index is 12.3. The average Bonchev–Trinajstić information content (AvgIpc) is 2.71. The first-order valence-corrected chi connectivity index (χ1v) is 11.2. The van der Waals surface area contributed by atoms with Crippen LogP contribution in [0.4, 0.5) is 0 Å². The number of amides is 1. The molecule has 0 atom stereocenters. The molecule has 9 heteroatoms. The van der Waals surface area contributed by atoms with Crippen molar-refractivity contribution in [2.45, 2.75) is 17.7 Å². The minimum absolute atomic E-state index is 0.0396. The van der Waals surface area contributed by atoms with E-state index in [0.29, 0.717) is 24.5 Å². The molecule has 0 unspecified atom stereocenters. The minimum Gasteiger partial charge on any atom is -0.493 e. The van der Waals surface area contributed by atoms with Crippen LogP contribution in [0.3, 0.4) is 0 Å². The van der Waals surface area contributed by atoms with Gasteiger partial charge in [0, 0.05) is 31.0 Å². The number of hydrogen-bond acceptors (Lipinski definition) is 5. The Kier molecular flexibility index (Phi) is 8.48. The summed E-state index contributed by atoms with van der Waals surface area (Å²) in [6.07, 6.45) is 0.728. The second kappa shape index (κ2) is 10.6. The molecule has 0 saturated carbocycles. The van der Waals surface area contributed by atoms with Crippen LogP contribution in [0.2, 0.25) is 0 Å². The number of methoxy groups -OCH3 is 2. The van der Waals surface area contributed by atoms with Gasteiger partial charge in [0.1, 0.15) is 0 Å². The van der Waals surface area contributed by atoms with E-state index in [1.165, 1.54) is 12.1 Å². The number of nitrogens with zero attached hydrogens (tertiary/aromatic N) is 1. The second-order valence-electron chi connectivity index (χ2n) is 6.36. The van der Waals surface area contributed by atoms with Gasteiger partial charge in [-0.15, -0.1) is 0 Å². The predicted molar refractivity (Wildman–Crippen MR) is 115 cm³/mol. The number of carbonyl (C=O) groups is 1. The largest absolute Gasteiger partial charge is 0.493 e. The van der Waals surface area contributed by atoms with Crippen molar-refractivity contribution in [2.24, 2.45) is 0 Å². The fourth-order valence-electron chi connectivity index (χ4n) is 2.64. The van der Waals surface area contributed by atoms with Crippen molar-refractivity contribution in [2.75, 3.05) is 34.4 Å². The topological polar surface area (TPSA) is 84.9 Å². The van der Waals surface area contributed by atoms with Crippen LogP contribution in [-0.2, 0) is 21.2 Å². The van der Waals surface area contributed by atoms with E-state index in [1.54, 1.807) is 38.3 Å². The fraction of sp³-hybridized carbons (Fsp3) is 0.350. The minimum atomic E-state index is -3.64. The number of sulfonamides is 1. The van der Waals surface area contributed by atoms with E-state index < -0.39 is 10.0 Å². The third-order valence-corrected chi connectivity index (χ3v) is 6.37. The van der Waals surface area contributed by atoms with Crippen molar-refractivity contribution in [3.05, 3.63) is 52.5 Å². The Morgan fingerprint density at radius 2 is 1.72 bits per heavy atom. The molecule has 0 aromatic heterocycles. The van der Waals surface area contributed by atoms with E-state index in [1.807, 2.05) is 18.2 Å².